The van der Waals surface area contributed by atoms with Crippen molar-refractivity contribution in [1.82, 2.24) is 10.2 Å². The van der Waals surface area contributed by atoms with Gasteiger partial charge in [-0.2, -0.15) is 0 Å². The summed E-state index contributed by atoms with van der Waals surface area (Å²) in [6, 6.07) is 13.0. The van der Waals surface area contributed by atoms with E-state index < -0.39 is 17.4 Å². The Morgan fingerprint density at radius 3 is 2.37 bits per heavy atom. The number of carbonyl (C=O) groups is 2. The van der Waals surface area contributed by atoms with E-state index in [4.69, 9.17) is 11.6 Å². The molecule has 1 unspecified atom stereocenters. The van der Waals surface area contributed by atoms with E-state index >= 15 is 0 Å². The van der Waals surface area contributed by atoms with Crippen molar-refractivity contribution in [3.05, 3.63) is 70.5 Å². The summed E-state index contributed by atoms with van der Waals surface area (Å²) >= 11 is 7.35. The van der Waals surface area contributed by atoms with Gasteiger partial charge in [0.1, 0.15) is 11.9 Å². The maximum Gasteiger partial charge on any atom is 0.242 e. The van der Waals surface area contributed by atoms with Crippen molar-refractivity contribution in [2.45, 2.75) is 51.6 Å². The van der Waals surface area contributed by atoms with Crippen LogP contribution in [0, 0.1) is 5.82 Å². The highest BCUT2D eigenvalue weighted by atomic mass is 35.5. The van der Waals surface area contributed by atoms with Gasteiger partial charge in [-0.1, -0.05) is 41.9 Å². The van der Waals surface area contributed by atoms with Crippen LogP contribution in [-0.2, 0) is 21.9 Å². The van der Waals surface area contributed by atoms with Crippen molar-refractivity contribution in [2.75, 3.05) is 5.75 Å². The predicted molar refractivity (Wildman–Crippen MR) is 122 cm³/mol. The molecule has 4 nitrogen and oxygen atoms in total. The quantitative estimate of drug-likeness (QED) is 0.612. The van der Waals surface area contributed by atoms with Gasteiger partial charge in [0.05, 0.1) is 5.75 Å². The molecule has 2 amide bonds. The highest BCUT2D eigenvalue weighted by molar-refractivity contribution is 7.99. The number of nitrogens with one attached hydrogen (secondary N) is 1. The second-order valence-corrected chi connectivity index (χ2v) is 9.57. The Morgan fingerprint density at radius 1 is 1.13 bits per heavy atom. The summed E-state index contributed by atoms with van der Waals surface area (Å²) in [5, 5.41) is 3.56. The Balaban J connectivity index is 2.10. The molecule has 0 aliphatic heterocycles. The molecule has 30 heavy (non-hydrogen) atoms. The van der Waals surface area contributed by atoms with E-state index in [2.05, 4.69) is 5.32 Å². The molecule has 7 heteroatoms. The molecule has 2 aromatic carbocycles. The first kappa shape index (κ1) is 24.2. The van der Waals surface area contributed by atoms with E-state index in [0.29, 0.717) is 16.3 Å². The zero-order valence-electron chi connectivity index (χ0n) is 17.7. The van der Waals surface area contributed by atoms with Crippen molar-refractivity contribution in [1.29, 1.82) is 0 Å². The summed E-state index contributed by atoms with van der Waals surface area (Å²) < 4.78 is 14.2. The van der Waals surface area contributed by atoms with Gasteiger partial charge >= 0.3 is 0 Å². The van der Waals surface area contributed by atoms with E-state index in [0.717, 1.165) is 5.56 Å². The summed E-state index contributed by atoms with van der Waals surface area (Å²) in [5.74, 6) is -0.0559. The van der Waals surface area contributed by atoms with Crippen LogP contribution in [0.25, 0.3) is 0 Å². The van der Waals surface area contributed by atoms with Gasteiger partial charge in [-0.15, -0.1) is 11.8 Å². The maximum absolute atomic E-state index is 14.2. The van der Waals surface area contributed by atoms with E-state index in [1.54, 1.807) is 25.1 Å². The third kappa shape index (κ3) is 7.65. The number of thioether (sulfide) groups is 1. The first-order valence-corrected chi connectivity index (χ1v) is 11.3. The van der Waals surface area contributed by atoms with Gasteiger partial charge in [0.15, 0.2) is 0 Å². The molecular formula is C23H28ClFN2O2S. The zero-order valence-corrected chi connectivity index (χ0v) is 19.3. The van der Waals surface area contributed by atoms with Crippen LogP contribution in [0.5, 0.6) is 0 Å². The van der Waals surface area contributed by atoms with Gasteiger partial charge in [0, 0.05) is 28.4 Å². The Kier molecular flexibility index (Phi) is 8.74. The van der Waals surface area contributed by atoms with Crippen LogP contribution >= 0.6 is 23.4 Å². The molecule has 0 fully saturated rings. The predicted octanol–water partition coefficient (Wildman–Crippen LogP) is 5.04. The van der Waals surface area contributed by atoms with Crippen LogP contribution in [0.2, 0.25) is 5.02 Å². The van der Waals surface area contributed by atoms with Gasteiger partial charge in [-0.3, -0.25) is 9.59 Å². The molecule has 0 bridgehead atoms. The number of benzene rings is 2. The second-order valence-electron chi connectivity index (χ2n) is 8.15. The average molecular weight is 451 g/mol. The molecule has 0 heterocycles. The maximum atomic E-state index is 14.2. The van der Waals surface area contributed by atoms with Crippen molar-refractivity contribution in [2.24, 2.45) is 0 Å². The van der Waals surface area contributed by atoms with Crippen molar-refractivity contribution in [3.63, 3.8) is 0 Å². The molecule has 2 rings (SSSR count). The molecule has 0 radical (unpaired) electrons. The lowest BCUT2D eigenvalue weighted by molar-refractivity contribution is -0.139. The van der Waals surface area contributed by atoms with Gasteiger partial charge in [0.2, 0.25) is 11.8 Å². The molecule has 2 aromatic rings. The van der Waals surface area contributed by atoms with Crippen LogP contribution in [0.4, 0.5) is 4.39 Å². The normalized spacial score (nSPS) is 12.3. The summed E-state index contributed by atoms with van der Waals surface area (Å²) in [6.45, 7) is 7.34. The molecule has 0 saturated heterocycles. The van der Waals surface area contributed by atoms with Crippen LogP contribution in [0.3, 0.4) is 0 Å². The number of hydrogen-bond acceptors (Lipinski definition) is 3. The fraction of sp³-hybridized carbons (Fsp3) is 0.391. The standard InChI is InChI=1S/C23H28ClFN2O2S/c1-16(22(29)26-23(2,3)4)27(13-18-7-5-6-8-20(18)25)21(28)15-30-14-17-9-11-19(24)12-10-17/h5-12,16H,13-15H2,1-4H3,(H,26,29). The van der Waals surface area contributed by atoms with E-state index in [1.165, 1.54) is 22.7 Å². The van der Waals surface area contributed by atoms with Crippen molar-refractivity contribution < 1.29 is 14.0 Å². The van der Waals surface area contributed by atoms with E-state index in [1.807, 2.05) is 45.0 Å². The van der Waals surface area contributed by atoms with Crippen LogP contribution in [-0.4, -0.2) is 34.0 Å². The highest BCUT2D eigenvalue weighted by Crippen LogP contribution is 2.19. The number of nitrogens with zero attached hydrogens (tertiary/aromatic N) is 1. The Morgan fingerprint density at radius 2 is 1.77 bits per heavy atom. The summed E-state index contributed by atoms with van der Waals surface area (Å²) in [5.41, 5.74) is 1.00. The molecular weight excluding hydrogens is 423 g/mol. The smallest absolute Gasteiger partial charge is 0.242 e. The van der Waals surface area contributed by atoms with Gasteiger partial charge in [-0.05, 0) is 51.5 Å². The molecule has 0 aromatic heterocycles. The fourth-order valence-electron chi connectivity index (χ4n) is 2.79. The molecule has 0 aliphatic carbocycles. The lowest BCUT2D eigenvalue weighted by Crippen LogP contribution is -2.52. The third-order valence-corrected chi connectivity index (χ3v) is 5.61. The Labute approximate surface area is 187 Å². The molecule has 1 atom stereocenters. The fourth-order valence-corrected chi connectivity index (χ4v) is 3.78. The average Bonchev–Trinajstić information content (AvgIpc) is 2.67. The number of rotatable bonds is 8. The minimum atomic E-state index is -0.729. The summed E-state index contributed by atoms with van der Waals surface area (Å²) in [6.07, 6.45) is 0. The second kappa shape index (κ2) is 10.8. The Bertz CT molecular complexity index is 868. The number of halogens is 2. The van der Waals surface area contributed by atoms with E-state index in [9.17, 15) is 14.0 Å². The van der Waals surface area contributed by atoms with E-state index in [-0.39, 0.29) is 24.1 Å². The highest BCUT2D eigenvalue weighted by Gasteiger charge is 2.28. The number of carbonyl (C=O) groups excluding carboxylic acids is 2. The van der Waals surface area contributed by atoms with Crippen LogP contribution in [0.1, 0.15) is 38.8 Å². The third-order valence-electron chi connectivity index (χ3n) is 4.37. The zero-order chi connectivity index (χ0) is 22.3. The monoisotopic (exact) mass is 450 g/mol. The minimum Gasteiger partial charge on any atom is -0.350 e. The topological polar surface area (TPSA) is 49.4 Å². The lowest BCUT2D eigenvalue weighted by atomic mass is 10.1. The van der Waals surface area contributed by atoms with Crippen LogP contribution < -0.4 is 5.32 Å². The summed E-state index contributed by atoms with van der Waals surface area (Å²) in [7, 11) is 0. The van der Waals surface area contributed by atoms with Gasteiger partial charge < -0.3 is 10.2 Å². The molecule has 0 saturated carbocycles. The molecule has 162 valence electrons. The SMILES string of the molecule is CC(C(=O)NC(C)(C)C)N(Cc1ccccc1F)C(=O)CSCc1ccc(Cl)cc1. The number of amides is 2. The van der Waals surface area contributed by atoms with Gasteiger partial charge in [0.25, 0.3) is 0 Å². The first-order chi connectivity index (χ1) is 14.1. The minimum absolute atomic E-state index is 0.0335. The lowest BCUT2D eigenvalue weighted by Gasteiger charge is -2.31. The first-order valence-electron chi connectivity index (χ1n) is 9.74. The van der Waals surface area contributed by atoms with Crippen molar-refractivity contribution in [3.8, 4) is 0 Å². The molecule has 0 spiro atoms. The van der Waals surface area contributed by atoms with Crippen molar-refractivity contribution >= 4 is 35.2 Å². The summed E-state index contributed by atoms with van der Waals surface area (Å²) in [4.78, 5) is 27.1. The molecule has 0 aliphatic rings. The number of hydrogen-bond donors (Lipinski definition) is 1. The van der Waals surface area contributed by atoms with Crippen LogP contribution in [0.15, 0.2) is 48.5 Å². The van der Waals surface area contributed by atoms with Gasteiger partial charge in [-0.25, -0.2) is 4.39 Å². The molecule has 1 N–H and O–H groups in total. The largest absolute Gasteiger partial charge is 0.350 e. The Hall–Kier alpha value is -2.05.